The molecule has 132 valence electrons. The maximum absolute atomic E-state index is 4.70. The van der Waals surface area contributed by atoms with E-state index in [0.29, 0.717) is 5.92 Å². The maximum Gasteiger partial charge on any atom is 0.0659 e. The lowest BCUT2D eigenvalue weighted by molar-refractivity contribution is 0.376. The van der Waals surface area contributed by atoms with Gasteiger partial charge in [-0.25, -0.2) is 0 Å². The molecule has 2 heteroatoms. The largest absolute Gasteiger partial charge is 0.366 e. The van der Waals surface area contributed by atoms with E-state index < -0.39 is 0 Å². The minimum atomic E-state index is 0.221. The number of anilines is 1. The zero-order valence-corrected chi connectivity index (χ0v) is 16.2. The quantitative estimate of drug-likeness (QED) is 0.604. The van der Waals surface area contributed by atoms with Gasteiger partial charge in [-0.15, -0.1) is 0 Å². The molecule has 0 aliphatic carbocycles. The fraction of sp³-hybridized carbons (Fsp3) is 0.435. The Morgan fingerprint density at radius 2 is 1.96 bits per heavy atom. The first-order valence-electron chi connectivity index (χ1n) is 9.43. The lowest BCUT2D eigenvalue weighted by Crippen LogP contribution is -2.48. The van der Waals surface area contributed by atoms with Crippen molar-refractivity contribution in [2.75, 3.05) is 11.4 Å². The summed E-state index contributed by atoms with van der Waals surface area (Å²) >= 11 is 0. The van der Waals surface area contributed by atoms with Gasteiger partial charge in [-0.05, 0) is 74.4 Å². The van der Waals surface area contributed by atoms with Crippen molar-refractivity contribution in [3.8, 4) is 0 Å². The normalized spacial score (nSPS) is 19.2. The van der Waals surface area contributed by atoms with Gasteiger partial charge in [-0.1, -0.05) is 38.1 Å². The summed E-state index contributed by atoms with van der Waals surface area (Å²) in [5, 5.41) is 0. The fourth-order valence-electron chi connectivity index (χ4n) is 4.09. The number of aryl methyl sites for hydroxylation is 1. The highest BCUT2D eigenvalue weighted by atomic mass is 15.2. The van der Waals surface area contributed by atoms with Crippen LogP contribution < -0.4 is 4.90 Å². The molecule has 0 spiro atoms. The molecule has 1 atom stereocenters. The van der Waals surface area contributed by atoms with Crippen molar-refractivity contribution >= 4 is 17.6 Å². The van der Waals surface area contributed by atoms with Crippen LogP contribution in [0, 0.1) is 6.92 Å². The lowest BCUT2D eigenvalue weighted by atomic mass is 9.79. The lowest BCUT2D eigenvalue weighted by Gasteiger charge is -2.47. The Morgan fingerprint density at radius 1 is 1.20 bits per heavy atom. The van der Waals surface area contributed by atoms with E-state index in [2.05, 4.69) is 75.9 Å². The second kappa shape index (κ2) is 7.03. The first-order chi connectivity index (χ1) is 11.9. The van der Waals surface area contributed by atoms with E-state index in [9.17, 15) is 0 Å². The van der Waals surface area contributed by atoms with Crippen LogP contribution >= 0.6 is 0 Å². The van der Waals surface area contributed by atoms with Crippen LogP contribution in [0.5, 0.6) is 0 Å². The monoisotopic (exact) mass is 334 g/mol. The summed E-state index contributed by atoms with van der Waals surface area (Å²) in [6.07, 6.45) is 4.37. The zero-order chi connectivity index (χ0) is 18.0. The van der Waals surface area contributed by atoms with Crippen LogP contribution in [0.25, 0.3) is 0 Å². The van der Waals surface area contributed by atoms with E-state index in [0.717, 1.165) is 12.2 Å². The molecule has 0 saturated heterocycles. The Morgan fingerprint density at radius 3 is 2.68 bits per heavy atom. The molecule has 1 aliphatic heterocycles. The van der Waals surface area contributed by atoms with Crippen LogP contribution in [-0.2, 0) is 0 Å². The first kappa shape index (κ1) is 17.7. The van der Waals surface area contributed by atoms with E-state index in [4.69, 9.17) is 4.99 Å². The number of benzene rings is 2. The first-order valence-corrected chi connectivity index (χ1v) is 9.43. The average molecular weight is 335 g/mol. The Labute approximate surface area is 152 Å². The Balaban J connectivity index is 1.94. The van der Waals surface area contributed by atoms with Crippen LogP contribution in [0.1, 0.15) is 63.1 Å². The fourth-order valence-corrected chi connectivity index (χ4v) is 4.09. The summed E-state index contributed by atoms with van der Waals surface area (Å²) in [7, 11) is 0. The number of nitrogens with zero attached hydrogens (tertiary/aromatic N) is 2. The second-order valence-corrected chi connectivity index (χ2v) is 7.93. The summed E-state index contributed by atoms with van der Waals surface area (Å²) in [6.45, 7) is 12.6. The number of hydrogen-bond donors (Lipinski definition) is 0. The van der Waals surface area contributed by atoms with Crippen LogP contribution in [0.2, 0.25) is 0 Å². The molecule has 0 fully saturated rings. The minimum Gasteiger partial charge on any atom is -0.366 e. The summed E-state index contributed by atoms with van der Waals surface area (Å²) in [5.41, 5.74) is 6.52. The van der Waals surface area contributed by atoms with Crippen molar-refractivity contribution in [3.05, 3.63) is 59.2 Å². The average Bonchev–Trinajstić information content (AvgIpc) is 2.57. The van der Waals surface area contributed by atoms with E-state index >= 15 is 0 Å². The third-order valence-electron chi connectivity index (χ3n) is 5.33. The molecule has 0 aromatic heterocycles. The Kier molecular flexibility index (Phi) is 4.99. The summed E-state index contributed by atoms with van der Waals surface area (Å²) in [5.74, 6) is 0.574. The highest BCUT2D eigenvalue weighted by molar-refractivity contribution is 5.84. The molecular weight excluding hydrogens is 304 g/mol. The van der Waals surface area contributed by atoms with Crippen LogP contribution in [0.15, 0.2) is 47.5 Å². The highest BCUT2D eigenvalue weighted by Gasteiger charge is 2.35. The van der Waals surface area contributed by atoms with Crippen molar-refractivity contribution in [1.82, 2.24) is 0 Å². The molecule has 2 nitrogen and oxygen atoms in total. The maximum atomic E-state index is 4.70. The number of hydrogen-bond acceptors (Lipinski definition) is 2. The minimum absolute atomic E-state index is 0.221. The van der Waals surface area contributed by atoms with Crippen LogP contribution in [0.4, 0.5) is 11.4 Å². The number of rotatable bonds is 4. The van der Waals surface area contributed by atoms with Crippen molar-refractivity contribution in [2.45, 2.75) is 58.9 Å². The van der Waals surface area contributed by atoms with Gasteiger partial charge in [0.05, 0.1) is 5.69 Å². The molecule has 0 amide bonds. The van der Waals surface area contributed by atoms with Gasteiger partial charge >= 0.3 is 0 Å². The molecular formula is C23H30N2. The molecule has 1 heterocycles. The van der Waals surface area contributed by atoms with Gasteiger partial charge in [0.25, 0.3) is 0 Å². The molecule has 0 saturated carbocycles. The smallest absolute Gasteiger partial charge is 0.0659 e. The number of para-hydroxylation sites is 1. The number of aliphatic imine (C=N–C) groups is 1. The van der Waals surface area contributed by atoms with Gasteiger partial charge in [0.1, 0.15) is 0 Å². The summed E-state index contributed by atoms with van der Waals surface area (Å²) < 4.78 is 0. The molecule has 2 aromatic rings. The third kappa shape index (κ3) is 3.63. The molecule has 0 radical (unpaired) electrons. The van der Waals surface area contributed by atoms with Crippen molar-refractivity contribution in [2.24, 2.45) is 4.99 Å². The molecule has 2 aromatic carbocycles. The van der Waals surface area contributed by atoms with E-state index in [1.54, 1.807) is 0 Å². The van der Waals surface area contributed by atoms with Crippen molar-refractivity contribution in [1.29, 1.82) is 0 Å². The van der Waals surface area contributed by atoms with E-state index in [1.807, 2.05) is 12.3 Å². The Hall–Kier alpha value is -2.09. The van der Waals surface area contributed by atoms with Gasteiger partial charge in [-0.2, -0.15) is 0 Å². The zero-order valence-electron chi connectivity index (χ0n) is 16.2. The van der Waals surface area contributed by atoms with Gasteiger partial charge in [0, 0.05) is 24.0 Å². The summed E-state index contributed by atoms with van der Waals surface area (Å²) in [6, 6.07) is 15.1. The predicted molar refractivity (Wildman–Crippen MR) is 110 cm³/mol. The standard InChI is InChI=1S/C23H30N2/c1-6-13-25-22-12-11-19(14-20(22)18(3)15-23(25,4)5)16-24-21-10-8-7-9-17(21)2/h7-12,14,16,18H,6,13,15H2,1-5H3. The van der Waals surface area contributed by atoms with Gasteiger partial charge in [-0.3, -0.25) is 4.99 Å². The second-order valence-electron chi connectivity index (χ2n) is 7.93. The summed E-state index contributed by atoms with van der Waals surface area (Å²) in [4.78, 5) is 7.28. The molecule has 3 rings (SSSR count). The third-order valence-corrected chi connectivity index (χ3v) is 5.33. The molecule has 0 N–H and O–H groups in total. The molecule has 1 aliphatic rings. The number of fused-ring (bicyclic) bond motifs is 1. The SMILES string of the molecule is CCCN1c2ccc(C=Nc3ccccc3C)cc2C(C)CC1(C)C. The van der Waals surface area contributed by atoms with Crippen molar-refractivity contribution in [3.63, 3.8) is 0 Å². The van der Waals surface area contributed by atoms with Crippen LogP contribution in [0.3, 0.4) is 0 Å². The molecule has 25 heavy (non-hydrogen) atoms. The van der Waals surface area contributed by atoms with Gasteiger partial charge < -0.3 is 4.90 Å². The van der Waals surface area contributed by atoms with Gasteiger partial charge in [0.2, 0.25) is 0 Å². The topological polar surface area (TPSA) is 15.6 Å². The highest BCUT2D eigenvalue weighted by Crippen LogP contribution is 2.43. The molecule has 1 unspecified atom stereocenters. The predicted octanol–water partition coefficient (Wildman–Crippen LogP) is 6.25. The Bertz CT molecular complexity index is 773. The molecule has 0 bridgehead atoms. The van der Waals surface area contributed by atoms with Gasteiger partial charge in [0.15, 0.2) is 0 Å². The van der Waals surface area contributed by atoms with E-state index in [1.165, 1.54) is 35.2 Å². The van der Waals surface area contributed by atoms with Crippen LogP contribution in [-0.4, -0.2) is 18.3 Å². The van der Waals surface area contributed by atoms with E-state index in [-0.39, 0.29) is 5.54 Å². The van der Waals surface area contributed by atoms with Crippen molar-refractivity contribution < 1.29 is 0 Å².